The van der Waals surface area contributed by atoms with Gasteiger partial charge in [0.2, 0.25) is 0 Å². The fourth-order valence-electron chi connectivity index (χ4n) is 2.81. The zero-order valence-corrected chi connectivity index (χ0v) is 15.0. The Morgan fingerprint density at radius 2 is 1.89 bits per heavy atom. The van der Waals surface area contributed by atoms with Crippen LogP contribution in [0.3, 0.4) is 0 Å². The Kier molecular flexibility index (Phi) is 4.84. The summed E-state index contributed by atoms with van der Waals surface area (Å²) in [5.74, 6) is 0.404. The molecule has 0 unspecified atom stereocenters. The van der Waals surface area contributed by atoms with Gasteiger partial charge in [-0.3, -0.25) is 0 Å². The number of aliphatic hydroxyl groups is 4. The molecule has 1 aliphatic rings. The molecule has 0 aromatic heterocycles. The Morgan fingerprint density at radius 1 is 1.15 bits per heavy atom. The van der Waals surface area contributed by atoms with Crippen LogP contribution in [0.2, 0.25) is 5.02 Å². The Bertz CT molecular complexity index is 913. The highest BCUT2D eigenvalue weighted by atomic mass is 35.5. The van der Waals surface area contributed by atoms with Crippen molar-refractivity contribution in [2.24, 2.45) is 0 Å². The molecule has 0 spiro atoms. The van der Waals surface area contributed by atoms with Gasteiger partial charge in [-0.05, 0) is 41.3 Å². The Morgan fingerprint density at radius 3 is 2.56 bits per heavy atom. The molecule has 2 aromatic carbocycles. The van der Waals surface area contributed by atoms with E-state index < -0.39 is 43.5 Å². The molecule has 6 nitrogen and oxygen atoms in total. The molecule has 7 heteroatoms. The third kappa shape index (κ3) is 4.27. The molecular formula is C20H23ClO6. The third-order valence-electron chi connectivity index (χ3n) is 4.33. The van der Waals surface area contributed by atoms with Gasteiger partial charge in [0.15, 0.2) is 0 Å². The molecule has 0 aliphatic carbocycles. The van der Waals surface area contributed by atoms with Crippen LogP contribution in [0.5, 0.6) is 5.75 Å². The minimum Gasteiger partial charge on any atom is -0.497 e. The van der Waals surface area contributed by atoms with Gasteiger partial charge in [0.1, 0.15) is 36.2 Å². The van der Waals surface area contributed by atoms with Gasteiger partial charge in [-0.25, -0.2) is 0 Å². The molecule has 146 valence electrons. The predicted molar refractivity (Wildman–Crippen MR) is 100.0 cm³/mol. The lowest BCUT2D eigenvalue weighted by molar-refractivity contribution is -0.231. The monoisotopic (exact) mass is 398 g/mol. The molecular weight excluding hydrogens is 372 g/mol. The second kappa shape index (κ2) is 8.56. The van der Waals surface area contributed by atoms with Crippen molar-refractivity contribution in [1.29, 1.82) is 0 Å². The fraction of sp³-hybridized carbons (Fsp3) is 0.400. The van der Waals surface area contributed by atoms with Crippen LogP contribution in [0.1, 0.15) is 28.3 Å². The van der Waals surface area contributed by atoms with Gasteiger partial charge in [0.05, 0.1) is 16.4 Å². The van der Waals surface area contributed by atoms with E-state index in [4.69, 9.17) is 26.6 Å². The van der Waals surface area contributed by atoms with Crippen molar-refractivity contribution in [3.63, 3.8) is 0 Å². The van der Waals surface area contributed by atoms with Crippen LogP contribution in [0.15, 0.2) is 42.5 Å². The first-order valence-corrected chi connectivity index (χ1v) is 8.60. The predicted octanol–water partition coefficient (Wildman–Crippen LogP) is 1.45. The number of aliphatic hydroxyl groups excluding tert-OH is 4. The van der Waals surface area contributed by atoms with Crippen molar-refractivity contribution in [1.82, 2.24) is 0 Å². The molecule has 5 atom stereocenters. The summed E-state index contributed by atoms with van der Waals surface area (Å²) >= 11 is 6.26. The van der Waals surface area contributed by atoms with Gasteiger partial charge >= 0.3 is 0 Å². The SMILES string of the molecule is [2H]COc1ccc(C([2H])([2H])c2cc([C@]3([2H])O[C@H](CO)[C@@H](O)[C@H](O)[C@H]3O)ccc2Cl)cc1. The zero-order valence-electron chi connectivity index (χ0n) is 18.2. The molecule has 2 aromatic rings. The summed E-state index contributed by atoms with van der Waals surface area (Å²) in [6.45, 7) is -0.695. The average molecular weight is 399 g/mol. The lowest BCUT2D eigenvalue weighted by atomic mass is 9.90. The van der Waals surface area contributed by atoms with Gasteiger partial charge < -0.3 is 29.9 Å². The van der Waals surface area contributed by atoms with E-state index >= 15 is 0 Å². The quantitative estimate of drug-likeness (QED) is 0.608. The molecule has 4 N–H and O–H groups in total. The summed E-state index contributed by atoms with van der Waals surface area (Å²) in [7, 11) is -0.274. The van der Waals surface area contributed by atoms with Crippen LogP contribution in [0.25, 0.3) is 0 Å². The Labute approximate surface area is 168 Å². The van der Waals surface area contributed by atoms with Crippen molar-refractivity contribution in [2.75, 3.05) is 13.7 Å². The average Bonchev–Trinajstić information content (AvgIpc) is 2.75. The standard InChI is InChI=1S/C20H23ClO6/c1-26-14-5-2-11(3-6-14)8-13-9-12(4-7-15(13)21)20-19(25)18(24)17(23)16(10-22)27-20/h2-7,9,16-20,22-25H,8,10H2,1H3/t16-,17-,18+,19-,20+/m1/s1/i1D,8D2,20D. The third-order valence-corrected chi connectivity index (χ3v) is 4.66. The number of methoxy groups -OCH3 is 1. The minimum absolute atomic E-state index is 0.00980. The molecule has 0 bridgehead atoms. The van der Waals surface area contributed by atoms with E-state index in [0.29, 0.717) is 5.75 Å². The fourth-order valence-corrected chi connectivity index (χ4v) is 2.98. The first-order chi connectivity index (χ1) is 14.6. The summed E-state index contributed by atoms with van der Waals surface area (Å²) < 4.78 is 43.4. The largest absolute Gasteiger partial charge is 0.497 e. The summed E-state index contributed by atoms with van der Waals surface area (Å²) in [6, 6.07) is 9.95. The highest BCUT2D eigenvalue weighted by Crippen LogP contribution is 2.34. The molecule has 1 saturated heterocycles. The lowest BCUT2D eigenvalue weighted by Gasteiger charge is -2.40. The van der Waals surface area contributed by atoms with E-state index in [0.717, 1.165) is 0 Å². The Balaban J connectivity index is 2.03. The van der Waals surface area contributed by atoms with Crippen molar-refractivity contribution in [3.8, 4) is 5.75 Å². The topological polar surface area (TPSA) is 99.4 Å². The van der Waals surface area contributed by atoms with E-state index in [1.54, 1.807) is 0 Å². The normalized spacial score (nSPS) is 33.5. The second-order valence-electron chi connectivity index (χ2n) is 6.12. The van der Waals surface area contributed by atoms with Crippen molar-refractivity contribution >= 4 is 11.6 Å². The molecule has 0 amide bonds. The molecule has 3 rings (SSSR count). The Hall–Kier alpha value is -1.67. The van der Waals surface area contributed by atoms with Crippen LogP contribution in [0, 0.1) is 0 Å². The summed E-state index contributed by atoms with van der Waals surface area (Å²) in [5.41, 5.74) is 0.211. The number of hydrogen-bond donors (Lipinski definition) is 4. The molecule has 27 heavy (non-hydrogen) atoms. The number of ether oxygens (including phenoxy) is 2. The van der Waals surface area contributed by atoms with Gasteiger partial charge in [0, 0.05) is 7.76 Å². The highest BCUT2D eigenvalue weighted by molar-refractivity contribution is 6.31. The number of halogens is 1. The van der Waals surface area contributed by atoms with Crippen LogP contribution in [-0.4, -0.2) is 58.5 Å². The zero-order chi connectivity index (χ0) is 23.0. The highest BCUT2D eigenvalue weighted by Gasteiger charge is 2.43. The maximum Gasteiger partial charge on any atom is 0.118 e. The van der Waals surface area contributed by atoms with E-state index in [-0.39, 0.29) is 28.8 Å². The summed E-state index contributed by atoms with van der Waals surface area (Å²) in [6.07, 6.45) is -10.9. The summed E-state index contributed by atoms with van der Waals surface area (Å²) in [4.78, 5) is 0. The molecule has 1 aliphatic heterocycles. The maximum absolute atomic E-state index is 10.4. The van der Waals surface area contributed by atoms with Gasteiger partial charge in [-0.15, -0.1) is 0 Å². The molecule has 0 radical (unpaired) electrons. The van der Waals surface area contributed by atoms with E-state index in [9.17, 15) is 20.4 Å². The number of benzene rings is 2. The molecule has 0 saturated carbocycles. The van der Waals surface area contributed by atoms with E-state index in [2.05, 4.69) is 0 Å². The van der Waals surface area contributed by atoms with E-state index in [1.165, 1.54) is 42.5 Å². The summed E-state index contributed by atoms with van der Waals surface area (Å²) in [5, 5.41) is 40.0. The first kappa shape index (κ1) is 15.3. The van der Waals surface area contributed by atoms with Crippen LogP contribution in [-0.2, 0) is 11.1 Å². The van der Waals surface area contributed by atoms with Gasteiger partial charge in [-0.2, -0.15) is 0 Å². The van der Waals surface area contributed by atoms with Gasteiger partial charge in [-0.1, -0.05) is 35.9 Å². The second-order valence-corrected chi connectivity index (χ2v) is 6.52. The number of rotatable bonds is 5. The van der Waals surface area contributed by atoms with Gasteiger partial charge in [0.25, 0.3) is 0 Å². The van der Waals surface area contributed by atoms with E-state index in [1.807, 2.05) is 0 Å². The van der Waals surface area contributed by atoms with Crippen LogP contribution in [0.4, 0.5) is 0 Å². The molecule has 1 heterocycles. The van der Waals surface area contributed by atoms with Crippen molar-refractivity contribution < 1.29 is 35.4 Å². The smallest absolute Gasteiger partial charge is 0.118 e. The minimum atomic E-state index is -2.28. The molecule has 1 fully saturated rings. The van der Waals surface area contributed by atoms with Crippen LogP contribution >= 0.6 is 11.6 Å². The maximum atomic E-state index is 10.4. The lowest BCUT2D eigenvalue weighted by Crippen LogP contribution is -2.55. The van der Waals surface area contributed by atoms with Crippen molar-refractivity contribution in [3.05, 3.63) is 64.2 Å². The first-order valence-electron chi connectivity index (χ1n) is 10.4. The van der Waals surface area contributed by atoms with Crippen molar-refractivity contribution in [2.45, 2.75) is 36.9 Å². The number of hydrogen-bond acceptors (Lipinski definition) is 6. The van der Waals surface area contributed by atoms with Crippen LogP contribution < -0.4 is 4.74 Å².